The van der Waals surface area contributed by atoms with E-state index in [1.165, 1.54) is 0 Å². The summed E-state index contributed by atoms with van der Waals surface area (Å²) in [5, 5.41) is 0. The van der Waals surface area contributed by atoms with Crippen molar-refractivity contribution in [3.63, 3.8) is 0 Å². The number of alkyl halides is 3. The average Bonchev–Trinajstić information content (AvgIpc) is 2.02. The molecule has 0 aromatic carbocycles. The number of halogens is 3. The van der Waals surface area contributed by atoms with Gasteiger partial charge in [0.2, 0.25) is 0 Å². The molecule has 0 saturated heterocycles. The summed E-state index contributed by atoms with van der Waals surface area (Å²) in [6.07, 6.45) is -3.13. The maximum atomic E-state index is 11.6. The molecule has 0 amide bonds. The molecule has 0 aromatic rings. The summed E-state index contributed by atoms with van der Waals surface area (Å²) >= 11 is 0. The highest BCUT2D eigenvalue weighted by atomic mass is 19.4. The van der Waals surface area contributed by atoms with Gasteiger partial charge in [-0.1, -0.05) is 0 Å². The number of nitrogens with two attached hydrogens (primary N) is 1. The SMILES string of the molecule is CC#CCCC(N)COCC(F)(F)F. The van der Waals surface area contributed by atoms with Crippen LogP contribution in [0.15, 0.2) is 0 Å². The molecule has 0 aromatic heterocycles. The van der Waals surface area contributed by atoms with Gasteiger partial charge in [0, 0.05) is 12.5 Å². The third-order valence-electron chi connectivity index (χ3n) is 1.41. The van der Waals surface area contributed by atoms with Gasteiger partial charge in [-0.05, 0) is 13.3 Å². The molecule has 0 aliphatic carbocycles. The Morgan fingerprint density at radius 1 is 1.43 bits per heavy atom. The molecule has 5 heteroatoms. The van der Waals surface area contributed by atoms with E-state index in [1.54, 1.807) is 6.92 Å². The Morgan fingerprint density at radius 3 is 2.57 bits per heavy atom. The van der Waals surface area contributed by atoms with Crippen molar-refractivity contribution < 1.29 is 17.9 Å². The van der Waals surface area contributed by atoms with E-state index in [2.05, 4.69) is 16.6 Å². The lowest BCUT2D eigenvalue weighted by molar-refractivity contribution is -0.174. The van der Waals surface area contributed by atoms with Crippen molar-refractivity contribution in [3.05, 3.63) is 0 Å². The Kier molecular flexibility index (Phi) is 6.34. The van der Waals surface area contributed by atoms with Crippen LogP contribution >= 0.6 is 0 Å². The first kappa shape index (κ1) is 13.3. The number of hydrogen-bond acceptors (Lipinski definition) is 2. The molecule has 82 valence electrons. The minimum atomic E-state index is -4.27. The van der Waals surface area contributed by atoms with E-state index >= 15 is 0 Å². The van der Waals surface area contributed by atoms with Gasteiger partial charge in [-0.15, -0.1) is 11.8 Å². The summed E-state index contributed by atoms with van der Waals surface area (Å²) in [6, 6.07) is -0.377. The van der Waals surface area contributed by atoms with Gasteiger partial charge >= 0.3 is 6.18 Å². The Bertz CT molecular complexity index is 204. The van der Waals surface area contributed by atoms with Gasteiger partial charge < -0.3 is 10.5 Å². The Hall–Kier alpha value is -0.730. The first-order valence-corrected chi connectivity index (χ1v) is 4.25. The standard InChI is InChI=1S/C9H14F3NO/c1-2-3-4-5-8(13)6-14-7-9(10,11)12/h8H,4-7,13H2,1H3. The highest BCUT2D eigenvalue weighted by Crippen LogP contribution is 2.14. The second kappa shape index (κ2) is 6.68. The van der Waals surface area contributed by atoms with Gasteiger partial charge in [-0.3, -0.25) is 0 Å². The molecule has 0 fully saturated rings. The minimum absolute atomic E-state index is 0.0785. The molecular formula is C9H14F3NO. The molecule has 14 heavy (non-hydrogen) atoms. The normalized spacial score (nSPS) is 13.2. The fraction of sp³-hybridized carbons (Fsp3) is 0.778. The lowest BCUT2D eigenvalue weighted by atomic mass is 10.2. The third kappa shape index (κ3) is 9.36. The average molecular weight is 209 g/mol. The smallest absolute Gasteiger partial charge is 0.370 e. The van der Waals surface area contributed by atoms with E-state index in [4.69, 9.17) is 5.73 Å². The van der Waals surface area contributed by atoms with Crippen LogP contribution in [-0.4, -0.2) is 25.4 Å². The Labute approximate surface area is 81.6 Å². The van der Waals surface area contributed by atoms with Crippen LogP contribution in [0.4, 0.5) is 13.2 Å². The van der Waals surface area contributed by atoms with Crippen LogP contribution in [0.1, 0.15) is 19.8 Å². The highest BCUT2D eigenvalue weighted by Gasteiger charge is 2.27. The summed E-state index contributed by atoms with van der Waals surface area (Å²) in [5.74, 6) is 5.46. The summed E-state index contributed by atoms with van der Waals surface area (Å²) in [6.45, 7) is 0.386. The van der Waals surface area contributed by atoms with Gasteiger partial charge in [0.15, 0.2) is 0 Å². The zero-order valence-corrected chi connectivity index (χ0v) is 8.03. The molecule has 1 atom stereocenters. The molecule has 0 bridgehead atoms. The van der Waals surface area contributed by atoms with Crippen molar-refractivity contribution in [3.8, 4) is 11.8 Å². The monoisotopic (exact) mass is 209 g/mol. The molecule has 0 saturated carbocycles. The van der Waals surface area contributed by atoms with Crippen molar-refractivity contribution >= 4 is 0 Å². The van der Waals surface area contributed by atoms with E-state index in [0.29, 0.717) is 12.8 Å². The quantitative estimate of drug-likeness (QED) is 0.699. The number of ether oxygens (including phenoxy) is 1. The van der Waals surface area contributed by atoms with E-state index in [0.717, 1.165) is 0 Å². The molecule has 2 N–H and O–H groups in total. The van der Waals surface area contributed by atoms with E-state index in [9.17, 15) is 13.2 Å². The fourth-order valence-electron chi connectivity index (χ4n) is 0.792. The molecule has 0 radical (unpaired) electrons. The van der Waals surface area contributed by atoms with Crippen LogP contribution in [0.5, 0.6) is 0 Å². The summed E-state index contributed by atoms with van der Waals surface area (Å²) in [7, 11) is 0. The highest BCUT2D eigenvalue weighted by molar-refractivity contribution is 4.95. The molecule has 0 heterocycles. The second-order valence-electron chi connectivity index (χ2n) is 2.86. The van der Waals surface area contributed by atoms with Crippen LogP contribution in [0, 0.1) is 11.8 Å². The van der Waals surface area contributed by atoms with Crippen LogP contribution in [0.25, 0.3) is 0 Å². The maximum absolute atomic E-state index is 11.6. The van der Waals surface area contributed by atoms with Gasteiger partial charge in [0.05, 0.1) is 6.61 Å². The lowest BCUT2D eigenvalue weighted by Gasteiger charge is -2.11. The zero-order chi connectivity index (χ0) is 11.0. The molecule has 1 unspecified atom stereocenters. The molecule has 0 rings (SSSR count). The Balaban J connectivity index is 3.43. The van der Waals surface area contributed by atoms with E-state index in [1.807, 2.05) is 0 Å². The van der Waals surface area contributed by atoms with Crippen molar-refractivity contribution in [2.75, 3.05) is 13.2 Å². The summed E-state index contributed by atoms with van der Waals surface area (Å²) < 4.78 is 39.3. The largest absolute Gasteiger partial charge is 0.411 e. The maximum Gasteiger partial charge on any atom is 0.411 e. The molecular weight excluding hydrogens is 195 g/mol. The van der Waals surface area contributed by atoms with E-state index in [-0.39, 0.29) is 12.6 Å². The molecule has 2 nitrogen and oxygen atoms in total. The topological polar surface area (TPSA) is 35.2 Å². The van der Waals surface area contributed by atoms with Gasteiger partial charge in [0.25, 0.3) is 0 Å². The van der Waals surface area contributed by atoms with Crippen LogP contribution in [-0.2, 0) is 4.74 Å². The van der Waals surface area contributed by atoms with Gasteiger partial charge in [-0.2, -0.15) is 13.2 Å². The predicted molar refractivity (Wildman–Crippen MR) is 47.5 cm³/mol. The van der Waals surface area contributed by atoms with Crippen LogP contribution in [0.2, 0.25) is 0 Å². The first-order valence-electron chi connectivity index (χ1n) is 4.25. The van der Waals surface area contributed by atoms with Crippen LogP contribution < -0.4 is 5.73 Å². The first-order chi connectivity index (χ1) is 6.45. The fourth-order valence-corrected chi connectivity index (χ4v) is 0.792. The lowest BCUT2D eigenvalue weighted by Crippen LogP contribution is -2.29. The summed E-state index contributed by atoms with van der Waals surface area (Å²) in [5.41, 5.74) is 5.48. The third-order valence-corrected chi connectivity index (χ3v) is 1.41. The molecule has 0 aliphatic rings. The van der Waals surface area contributed by atoms with E-state index < -0.39 is 12.8 Å². The molecule has 0 aliphatic heterocycles. The zero-order valence-electron chi connectivity index (χ0n) is 8.03. The minimum Gasteiger partial charge on any atom is -0.370 e. The van der Waals surface area contributed by atoms with Crippen molar-refractivity contribution in [1.29, 1.82) is 0 Å². The summed E-state index contributed by atoms with van der Waals surface area (Å²) in [4.78, 5) is 0. The number of rotatable bonds is 5. The Morgan fingerprint density at radius 2 is 2.07 bits per heavy atom. The van der Waals surface area contributed by atoms with Crippen molar-refractivity contribution in [2.45, 2.75) is 32.0 Å². The van der Waals surface area contributed by atoms with Gasteiger partial charge in [0.1, 0.15) is 6.61 Å². The second-order valence-corrected chi connectivity index (χ2v) is 2.86. The van der Waals surface area contributed by atoms with Crippen molar-refractivity contribution in [1.82, 2.24) is 0 Å². The van der Waals surface area contributed by atoms with Gasteiger partial charge in [-0.25, -0.2) is 0 Å². The van der Waals surface area contributed by atoms with Crippen molar-refractivity contribution in [2.24, 2.45) is 5.73 Å². The predicted octanol–water partition coefficient (Wildman–Crippen LogP) is 1.70. The van der Waals surface area contributed by atoms with Crippen LogP contribution in [0.3, 0.4) is 0 Å². The molecule has 0 spiro atoms. The number of hydrogen-bond donors (Lipinski definition) is 1.